The van der Waals surface area contributed by atoms with E-state index in [1.165, 1.54) is 5.56 Å². The van der Waals surface area contributed by atoms with E-state index in [2.05, 4.69) is 31.3 Å². The predicted octanol–water partition coefficient (Wildman–Crippen LogP) is 4.67. The second kappa shape index (κ2) is 6.84. The molecule has 5 heteroatoms. The molecule has 0 aliphatic carbocycles. The third-order valence-corrected chi connectivity index (χ3v) is 6.10. The quantitative estimate of drug-likeness (QED) is 0.821. The van der Waals surface area contributed by atoms with E-state index in [9.17, 15) is 9.59 Å². The number of likely N-dealkylation sites (tertiary alicyclic amines) is 1. The number of carbonyl (C=O) groups excluding carboxylic acids is 2. The molecule has 1 aromatic rings. The lowest BCUT2D eigenvalue weighted by atomic mass is 9.73. The lowest BCUT2D eigenvalue weighted by Crippen LogP contribution is -2.41. The van der Waals surface area contributed by atoms with Gasteiger partial charge in [0.05, 0.1) is 5.41 Å². The van der Waals surface area contributed by atoms with Gasteiger partial charge in [-0.3, -0.25) is 4.79 Å². The van der Waals surface area contributed by atoms with Gasteiger partial charge < -0.3 is 15.0 Å². The summed E-state index contributed by atoms with van der Waals surface area (Å²) in [5.41, 5.74) is 2.36. The summed E-state index contributed by atoms with van der Waals surface area (Å²) in [6, 6.07) is 6.37. The van der Waals surface area contributed by atoms with Crippen LogP contribution in [-0.4, -0.2) is 35.6 Å². The number of benzene rings is 1. The minimum Gasteiger partial charge on any atom is -0.444 e. The molecule has 1 saturated heterocycles. The number of ether oxygens (including phenoxy) is 1. The maximum absolute atomic E-state index is 12.5. The third kappa shape index (κ3) is 3.69. The van der Waals surface area contributed by atoms with E-state index in [-0.39, 0.29) is 17.9 Å². The average molecular weight is 373 g/mol. The topological polar surface area (TPSA) is 58.6 Å². The van der Waals surface area contributed by atoms with E-state index < -0.39 is 11.0 Å². The number of rotatable bonds is 2. The smallest absolute Gasteiger partial charge is 0.410 e. The Kier molecular flexibility index (Phi) is 5.00. The van der Waals surface area contributed by atoms with Crippen LogP contribution in [0.1, 0.15) is 71.4 Å². The highest BCUT2D eigenvalue weighted by molar-refractivity contribution is 6.06. The minimum atomic E-state index is -0.484. The van der Waals surface area contributed by atoms with Crippen molar-refractivity contribution in [1.82, 2.24) is 4.90 Å². The Bertz CT molecular complexity index is 742. The molecule has 0 saturated carbocycles. The van der Waals surface area contributed by atoms with Crippen molar-refractivity contribution in [3.8, 4) is 0 Å². The van der Waals surface area contributed by atoms with Crippen LogP contribution in [0.4, 0.5) is 10.5 Å². The molecule has 2 aliphatic heterocycles. The number of hydrogen-bond acceptors (Lipinski definition) is 3. The van der Waals surface area contributed by atoms with Crippen molar-refractivity contribution in [1.29, 1.82) is 0 Å². The molecule has 2 aliphatic rings. The van der Waals surface area contributed by atoms with Crippen molar-refractivity contribution in [3.05, 3.63) is 29.3 Å². The predicted molar refractivity (Wildman–Crippen MR) is 107 cm³/mol. The van der Waals surface area contributed by atoms with Crippen molar-refractivity contribution in [2.24, 2.45) is 5.92 Å². The van der Waals surface area contributed by atoms with Gasteiger partial charge in [0.15, 0.2) is 0 Å². The largest absolute Gasteiger partial charge is 0.444 e. The molecule has 1 fully saturated rings. The van der Waals surface area contributed by atoms with Gasteiger partial charge in [0.2, 0.25) is 5.91 Å². The van der Waals surface area contributed by atoms with E-state index in [1.54, 1.807) is 4.90 Å². The molecule has 2 heterocycles. The van der Waals surface area contributed by atoms with E-state index in [1.807, 2.05) is 33.8 Å². The minimum absolute atomic E-state index is 0.0874. The summed E-state index contributed by atoms with van der Waals surface area (Å²) in [4.78, 5) is 26.6. The summed E-state index contributed by atoms with van der Waals surface area (Å²) in [5, 5.41) is 3.03. The molecule has 0 bridgehead atoms. The third-order valence-electron chi connectivity index (χ3n) is 6.10. The molecule has 1 atom stereocenters. The van der Waals surface area contributed by atoms with Gasteiger partial charge >= 0.3 is 6.09 Å². The summed E-state index contributed by atoms with van der Waals surface area (Å²) in [6.07, 6.45) is 1.60. The number of nitrogens with zero attached hydrogens (tertiary/aromatic N) is 1. The number of nitrogens with one attached hydrogen (secondary N) is 1. The summed E-state index contributed by atoms with van der Waals surface area (Å²) < 4.78 is 5.49. The molecule has 0 spiro atoms. The summed E-state index contributed by atoms with van der Waals surface area (Å²) >= 11 is 0. The zero-order valence-electron chi connectivity index (χ0n) is 17.4. The van der Waals surface area contributed by atoms with Crippen LogP contribution in [0.5, 0.6) is 0 Å². The zero-order chi connectivity index (χ0) is 20.0. The Hall–Kier alpha value is -2.04. The number of amides is 2. The van der Waals surface area contributed by atoms with E-state index in [0.29, 0.717) is 19.0 Å². The SMILES string of the molecule is CC(C)C1(C)C(=O)Nc2ccc(C3CCN(C(=O)OC(C)(C)C)CC3)cc21. The molecule has 1 aromatic carbocycles. The Morgan fingerprint density at radius 3 is 2.44 bits per heavy atom. The van der Waals surface area contributed by atoms with Gasteiger partial charge in [0.25, 0.3) is 0 Å². The molecule has 0 aromatic heterocycles. The first-order chi connectivity index (χ1) is 12.5. The number of piperidine rings is 1. The molecular weight excluding hydrogens is 340 g/mol. The van der Waals surface area contributed by atoms with Gasteiger partial charge in [-0.2, -0.15) is 0 Å². The maximum atomic E-state index is 12.5. The Balaban J connectivity index is 1.73. The van der Waals surface area contributed by atoms with Crippen LogP contribution >= 0.6 is 0 Å². The Labute approximate surface area is 162 Å². The lowest BCUT2D eigenvalue weighted by molar-refractivity contribution is -0.121. The lowest BCUT2D eigenvalue weighted by Gasteiger charge is -2.34. The second-order valence-electron chi connectivity index (χ2n) is 9.36. The highest BCUT2D eigenvalue weighted by Gasteiger charge is 2.45. The molecule has 2 amide bonds. The number of fused-ring (bicyclic) bond motifs is 1. The molecule has 148 valence electrons. The Morgan fingerprint density at radius 2 is 1.89 bits per heavy atom. The van der Waals surface area contributed by atoms with Crippen LogP contribution in [0.2, 0.25) is 0 Å². The van der Waals surface area contributed by atoms with Crippen molar-refractivity contribution < 1.29 is 14.3 Å². The van der Waals surface area contributed by atoms with Crippen molar-refractivity contribution in [3.63, 3.8) is 0 Å². The van der Waals surface area contributed by atoms with Gasteiger partial charge in [-0.1, -0.05) is 26.0 Å². The second-order valence-corrected chi connectivity index (χ2v) is 9.36. The summed E-state index contributed by atoms with van der Waals surface area (Å²) in [5.74, 6) is 0.716. The van der Waals surface area contributed by atoms with Crippen LogP contribution in [-0.2, 0) is 14.9 Å². The molecular formula is C22H32N2O3. The summed E-state index contributed by atoms with van der Waals surface area (Å²) in [6.45, 7) is 13.3. The highest BCUT2D eigenvalue weighted by atomic mass is 16.6. The Morgan fingerprint density at radius 1 is 1.26 bits per heavy atom. The molecule has 1 unspecified atom stereocenters. The molecule has 1 N–H and O–H groups in total. The van der Waals surface area contributed by atoms with Crippen LogP contribution in [0, 0.1) is 5.92 Å². The molecule has 27 heavy (non-hydrogen) atoms. The van der Waals surface area contributed by atoms with Gasteiger partial charge in [0, 0.05) is 18.8 Å². The van der Waals surface area contributed by atoms with Crippen LogP contribution < -0.4 is 5.32 Å². The van der Waals surface area contributed by atoms with E-state index in [0.717, 1.165) is 24.1 Å². The first-order valence-electron chi connectivity index (χ1n) is 9.96. The average Bonchev–Trinajstić information content (AvgIpc) is 2.85. The number of anilines is 1. The van der Waals surface area contributed by atoms with Crippen LogP contribution in [0.3, 0.4) is 0 Å². The molecule has 3 rings (SSSR count). The fourth-order valence-corrected chi connectivity index (χ4v) is 4.02. The van der Waals surface area contributed by atoms with E-state index in [4.69, 9.17) is 4.74 Å². The van der Waals surface area contributed by atoms with Gasteiger partial charge in [-0.05, 0) is 69.6 Å². The zero-order valence-corrected chi connectivity index (χ0v) is 17.4. The van der Waals surface area contributed by atoms with Crippen LogP contribution in [0.15, 0.2) is 18.2 Å². The normalized spacial score (nSPS) is 23.4. The fourth-order valence-electron chi connectivity index (χ4n) is 4.02. The maximum Gasteiger partial charge on any atom is 0.410 e. The first kappa shape index (κ1) is 19.7. The van der Waals surface area contributed by atoms with Crippen LogP contribution in [0.25, 0.3) is 0 Å². The standard InChI is InChI=1S/C22H32N2O3/c1-14(2)22(6)17-13-16(7-8-18(17)23-19(22)25)15-9-11-24(12-10-15)20(26)27-21(3,4)5/h7-8,13-15H,9-12H2,1-6H3,(H,23,25). The molecule has 0 radical (unpaired) electrons. The van der Waals surface area contributed by atoms with E-state index >= 15 is 0 Å². The first-order valence-corrected chi connectivity index (χ1v) is 9.96. The molecule has 5 nitrogen and oxygen atoms in total. The van der Waals surface area contributed by atoms with Crippen molar-refractivity contribution in [2.45, 2.75) is 71.3 Å². The van der Waals surface area contributed by atoms with Gasteiger partial charge in [-0.25, -0.2) is 4.79 Å². The number of carbonyl (C=O) groups is 2. The summed E-state index contributed by atoms with van der Waals surface area (Å²) in [7, 11) is 0. The fraction of sp³-hybridized carbons (Fsp3) is 0.636. The number of hydrogen-bond donors (Lipinski definition) is 1. The monoisotopic (exact) mass is 372 g/mol. The highest BCUT2D eigenvalue weighted by Crippen LogP contribution is 2.44. The van der Waals surface area contributed by atoms with Gasteiger partial charge in [0.1, 0.15) is 5.60 Å². The van der Waals surface area contributed by atoms with Gasteiger partial charge in [-0.15, -0.1) is 0 Å². The van der Waals surface area contributed by atoms with Crippen molar-refractivity contribution in [2.75, 3.05) is 18.4 Å². The van der Waals surface area contributed by atoms with Crippen molar-refractivity contribution >= 4 is 17.7 Å².